The summed E-state index contributed by atoms with van der Waals surface area (Å²) in [5, 5.41) is 0. The molecule has 0 aromatic heterocycles. The Morgan fingerprint density at radius 3 is 2.71 bits per heavy atom. The lowest BCUT2D eigenvalue weighted by molar-refractivity contribution is 0.691. The van der Waals surface area contributed by atoms with E-state index in [0.29, 0.717) is 11.8 Å². The van der Waals surface area contributed by atoms with Crippen molar-refractivity contribution in [2.75, 3.05) is 0 Å². The van der Waals surface area contributed by atoms with Gasteiger partial charge in [0, 0.05) is 5.71 Å². The molecule has 1 heteroatoms. The van der Waals surface area contributed by atoms with Crippen molar-refractivity contribution < 1.29 is 0 Å². The SMILES string of the molecule is CC(C)C1=Nc2ccccc2CC1C. The molecule has 0 bridgehead atoms. The molecule has 0 saturated heterocycles. The van der Waals surface area contributed by atoms with Crippen molar-refractivity contribution in [2.45, 2.75) is 27.2 Å². The number of para-hydroxylation sites is 1. The van der Waals surface area contributed by atoms with Crippen molar-refractivity contribution in [3.05, 3.63) is 29.8 Å². The van der Waals surface area contributed by atoms with Crippen molar-refractivity contribution in [3.63, 3.8) is 0 Å². The van der Waals surface area contributed by atoms with Crippen LogP contribution in [0, 0.1) is 11.8 Å². The van der Waals surface area contributed by atoms with Crippen molar-refractivity contribution in [3.8, 4) is 0 Å². The Labute approximate surface area is 85.9 Å². The van der Waals surface area contributed by atoms with E-state index >= 15 is 0 Å². The van der Waals surface area contributed by atoms with Crippen LogP contribution in [0.1, 0.15) is 26.3 Å². The molecule has 2 rings (SSSR count). The van der Waals surface area contributed by atoms with Crippen molar-refractivity contribution in [1.29, 1.82) is 0 Å². The van der Waals surface area contributed by atoms with Gasteiger partial charge in [-0.3, -0.25) is 4.99 Å². The molecule has 0 radical (unpaired) electrons. The van der Waals surface area contributed by atoms with Crippen molar-refractivity contribution in [1.82, 2.24) is 0 Å². The summed E-state index contributed by atoms with van der Waals surface area (Å²) < 4.78 is 0. The standard InChI is InChI=1S/C13H17N/c1-9(2)13-10(3)8-11-6-4-5-7-12(11)14-13/h4-7,9-10H,8H2,1-3H3. The molecule has 1 nitrogen and oxygen atoms in total. The minimum atomic E-state index is 0.568. The molecular weight excluding hydrogens is 170 g/mol. The fraction of sp³-hybridized carbons (Fsp3) is 0.462. The molecule has 1 aliphatic heterocycles. The monoisotopic (exact) mass is 187 g/mol. The first-order valence-corrected chi connectivity index (χ1v) is 5.35. The molecule has 0 fully saturated rings. The van der Waals surface area contributed by atoms with Crippen LogP contribution in [0.25, 0.3) is 0 Å². The molecule has 1 aromatic carbocycles. The van der Waals surface area contributed by atoms with Gasteiger partial charge in [0.2, 0.25) is 0 Å². The quantitative estimate of drug-likeness (QED) is 0.637. The third-order valence-electron chi connectivity index (χ3n) is 2.86. The third kappa shape index (κ3) is 1.59. The first kappa shape index (κ1) is 9.45. The summed E-state index contributed by atoms with van der Waals surface area (Å²) >= 11 is 0. The molecule has 14 heavy (non-hydrogen) atoms. The van der Waals surface area contributed by atoms with E-state index in [1.807, 2.05) is 0 Å². The smallest absolute Gasteiger partial charge is 0.0661 e. The maximum atomic E-state index is 4.74. The number of hydrogen-bond donors (Lipinski definition) is 0. The molecule has 0 amide bonds. The zero-order valence-corrected chi connectivity index (χ0v) is 9.12. The molecule has 0 spiro atoms. The summed E-state index contributed by atoms with van der Waals surface area (Å²) in [4.78, 5) is 4.74. The largest absolute Gasteiger partial charge is 0.257 e. The molecule has 0 saturated carbocycles. The Morgan fingerprint density at radius 2 is 2.00 bits per heavy atom. The fourth-order valence-corrected chi connectivity index (χ4v) is 2.17. The first-order valence-electron chi connectivity index (χ1n) is 5.35. The zero-order chi connectivity index (χ0) is 10.1. The van der Waals surface area contributed by atoms with Crippen LogP contribution in [0.15, 0.2) is 29.3 Å². The van der Waals surface area contributed by atoms with Crippen molar-refractivity contribution >= 4 is 11.4 Å². The number of fused-ring (bicyclic) bond motifs is 1. The molecule has 1 unspecified atom stereocenters. The highest BCUT2D eigenvalue weighted by Gasteiger charge is 2.20. The number of aliphatic imine (C=N–C) groups is 1. The lowest BCUT2D eigenvalue weighted by Gasteiger charge is -2.24. The average Bonchev–Trinajstić information content (AvgIpc) is 2.16. The highest BCUT2D eigenvalue weighted by molar-refractivity contribution is 5.92. The molecular formula is C13H17N. The molecule has 1 aliphatic rings. The Kier molecular flexibility index (Phi) is 2.40. The summed E-state index contributed by atoms with van der Waals surface area (Å²) in [6.07, 6.45) is 1.15. The van der Waals surface area contributed by atoms with E-state index in [-0.39, 0.29) is 0 Å². The van der Waals surface area contributed by atoms with Crippen LogP contribution in [0.4, 0.5) is 5.69 Å². The molecule has 1 atom stereocenters. The van der Waals surface area contributed by atoms with Gasteiger partial charge in [0.25, 0.3) is 0 Å². The van der Waals surface area contributed by atoms with Crippen LogP contribution in [0.2, 0.25) is 0 Å². The van der Waals surface area contributed by atoms with Gasteiger partial charge in [-0.05, 0) is 29.9 Å². The van der Waals surface area contributed by atoms with E-state index < -0.39 is 0 Å². The van der Waals surface area contributed by atoms with Crippen LogP contribution in [-0.4, -0.2) is 5.71 Å². The normalized spacial score (nSPS) is 20.6. The first-order chi connectivity index (χ1) is 6.68. The van der Waals surface area contributed by atoms with Gasteiger partial charge in [-0.2, -0.15) is 0 Å². The van der Waals surface area contributed by atoms with Gasteiger partial charge in [-0.25, -0.2) is 0 Å². The van der Waals surface area contributed by atoms with E-state index in [9.17, 15) is 0 Å². The zero-order valence-electron chi connectivity index (χ0n) is 9.12. The minimum Gasteiger partial charge on any atom is -0.257 e. The van der Waals surface area contributed by atoms with E-state index in [0.717, 1.165) is 6.42 Å². The summed E-state index contributed by atoms with van der Waals surface area (Å²) in [7, 11) is 0. The van der Waals surface area contributed by atoms with Gasteiger partial charge >= 0.3 is 0 Å². The fourth-order valence-electron chi connectivity index (χ4n) is 2.17. The summed E-state index contributed by atoms with van der Waals surface area (Å²) in [5.74, 6) is 1.17. The lowest BCUT2D eigenvalue weighted by atomic mass is 9.87. The lowest BCUT2D eigenvalue weighted by Crippen LogP contribution is -2.22. The second-order valence-corrected chi connectivity index (χ2v) is 4.43. The van der Waals surface area contributed by atoms with Crippen LogP contribution in [-0.2, 0) is 6.42 Å². The molecule has 0 aliphatic carbocycles. The van der Waals surface area contributed by atoms with Crippen LogP contribution < -0.4 is 0 Å². The Morgan fingerprint density at radius 1 is 1.29 bits per heavy atom. The van der Waals surface area contributed by atoms with E-state index in [1.165, 1.54) is 17.0 Å². The number of nitrogens with zero attached hydrogens (tertiary/aromatic N) is 1. The van der Waals surface area contributed by atoms with Gasteiger partial charge < -0.3 is 0 Å². The summed E-state index contributed by atoms with van der Waals surface area (Å²) in [6.45, 7) is 6.72. The van der Waals surface area contributed by atoms with Gasteiger partial charge in [0.15, 0.2) is 0 Å². The summed E-state index contributed by atoms with van der Waals surface area (Å²) in [6, 6.07) is 8.47. The van der Waals surface area contributed by atoms with Gasteiger partial charge in [-0.1, -0.05) is 39.0 Å². The van der Waals surface area contributed by atoms with Gasteiger partial charge in [-0.15, -0.1) is 0 Å². The molecule has 1 aromatic rings. The molecule has 74 valence electrons. The van der Waals surface area contributed by atoms with Crippen LogP contribution in [0.3, 0.4) is 0 Å². The number of benzene rings is 1. The Balaban J connectivity index is 2.44. The topological polar surface area (TPSA) is 12.4 Å². The van der Waals surface area contributed by atoms with E-state index in [1.54, 1.807) is 0 Å². The Hall–Kier alpha value is -1.11. The molecule has 1 heterocycles. The maximum absolute atomic E-state index is 4.74. The maximum Gasteiger partial charge on any atom is 0.0661 e. The molecule has 0 N–H and O–H groups in total. The van der Waals surface area contributed by atoms with Crippen molar-refractivity contribution in [2.24, 2.45) is 16.8 Å². The summed E-state index contributed by atoms with van der Waals surface area (Å²) in [5.41, 5.74) is 3.92. The third-order valence-corrected chi connectivity index (χ3v) is 2.86. The van der Waals surface area contributed by atoms with Crippen LogP contribution in [0.5, 0.6) is 0 Å². The van der Waals surface area contributed by atoms with E-state index in [2.05, 4.69) is 45.0 Å². The highest BCUT2D eigenvalue weighted by Crippen LogP contribution is 2.30. The van der Waals surface area contributed by atoms with Gasteiger partial charge in [0.1, 0.15) is 0 Å². The van der Waals surface area contributed by atoms with Crippen LogP contribution >= 0.6 is 0 Å². The number of hydrogen-bond acceptors (Lipinski definition) is 1. The highest BCUT2D eigenvalue weighted by atomic mass is 14.8. The Bertz CT molecular complexity index is 363. The van der Waals surface area contributed by atoms with E-state index in [4.69, 9.17) is 4.99 Å². The van der Waals surface area contributed by atoms with Gasteiger partial charge in [0.05, 0.1) is 5.69 Å². The predicted molar refractivity (Wildman–Crippen MR) is 61.2 cm³/mol. The second kappa shape index (κ2) is 3.56. The minimum absolute atomic E-state index is 0.568. The average molecular weight is 187 g/mol. The number of rotatable bonds is 1. The predicted octanol–water partition coefficient (Wildman–Crippen LogP) is 3.61. The second-order valence-electron chi connectivity index (χ2n) is 4.43.